The predicted octanol–water partition coefficient (Wildman–Crippen LogP) is 3.86. The third-order valence-electron chi connectivity index (χ3n) is 3.78. The highest BCUT2D eigenvalue weighted by atomic mass is 16.5. The molecule has 3 nitrogen and oxygen atoms in total. The lowest BCUT2D eigenvalue weighted by Crippen LogP contribution is -2.06. The minimum atomic E-state index is -0.0410. The second-order valence-electron chi connectivity index (χ2n) is 5.10. The molecule has 0 heterocycles. The Labute approximate surface area is 125 Å². The van der Waals surface area contributed by atoms with E-state index in [1.54, 1.807) is 20.3 Å². The number of carbonyl (C=O) groups excluding carboxylic acids is 1. The number of aryl methyl sites for hydroxylation is 2. The molecule has 2 aromatic rings. The maximum absolute atomic E-state index is 12.7. The van der Waals surface area contributed by atoms with Crippen molar-refractivity contribution in [1.82, 2.24) is 0 Å². The smallest absolute Gasteiger partial charge is 0.196 e. The summed E-state index contributed by atoms with van der Waals surface area (Å²) in [6, 6.07) is 9.21. The normalized spacial score (nSPS) is 10.3. The van der Waals surface area contributed by atoms with Gasteiger partial charge in [-0.1, -0.05) is 6.07 Å². The Balaban J connectivity index is 2.50. The summed E-state index contributed by atoms with van der Waals surface area (Å²) < 4.78 is 10.7. The minimum absolute atomic E-state index is 0.0410. The number of rotatable bonds is 4. The van der Waals surface area contributed by atoms with E-state index in [2.05, 4.69) is 0 Å². The molecule has 2 rings (SSSR count). The van der Waals surface area contributed by atoms with Gasteiger partial charge in [-0.3, -0.25) is 4.79 Å². The lowest BCUT2D eigenvalue weighted by atomic mass is 9.96. The highest BCUT2D eigenvalue weighted by Crippen LogP contribution is 2.29. The highest BCUT2D eigenvalue weighted by molar-refractivity contribution is 6.11. The highest BCUT2D eigenvalue weighted by Gasteiger charge is 2.17. The molecule has 0 fully saturated rings. The van der Waals surface area contributed by atoms with Crippen LogP contribution in [-0.4, -0.2) is 20.0 Å². The van der Waals surface area contributed by atoms with Crippen LogP contribution in [0.3, 0.4) is 0 Å². The quantitative estimate of drug-likeness (QED) is 0.800. The Hall–Kier alpha value is -2.29. The third kappa shape index (κ3) is 2.77. The molecular weight excluding hydrogens is 264 g/mol. The number of carbonyl (C=O) groups is 1. The summed E-state index contributed by atoms with van der Waals surface area (Å²) in [6.45, 7) is 5.89. The molecule has 0 spiro atoms. The average Bonchev–Trinajstić information content (AvgIpc) is 2.49. The van der Waals surface area contributed by atoms with E-state index in [4.69, 9.17) is 9.47 Å². The maximum atomic E-state index is 12.7. The van der Waals surface area contributed by atoms with Gasteiger partial charge >= 0.3 is 0 Å². The third-order valence-corrected chi connectivity index (χ3v) is 3.78. The van der Waals surface area contributed by atoms with Crippen molar-refractivity contribution in [1.29, 1.82) is 0 Å². The van der Waals surface area contributed by atoms with E-state index in [1.165, 1.54) is 0 Å². The van der Waals surface area contributed by atoms with Crippen LogP contribution in [0.5, 0.6) is 11.5 Å². The van der Waals surface area contributed by atoms with E-state index in [1.807, 2.05) is 45.0 Å². The SMILES string of the molecule is COc1ccc(C(=O)c2ccc(C)c(C)c2OC)cc1C. The molecular formula is C18H20O3. The molecule has 0 radical (unpaired) electrons. The first-order valence-corrected chi connectivity index (χ1v) is 6.83. The van der Waals surface area contributed by atoms with Crippen LogP contribution in [-0.2, 0) is 0 Å². The second kappa shape index (κ2) is 6.00. The van der Waals surface area contributed by atoms with Crippen molar-refractivity contribution < 1.29 is 14.3 Å². The van der Waals surface area contributed by atoms with Gasteiger partial charge < -0.3 is 9.47 Å². The summed E-state index contributed by atoms with van der Waals surface area (Å²) >= 11 is 0. The lowest BCUT2D eigenvalue weighted by molar-refractivity contribution is 0.103. The van der Waals surface area contributed by atoms with E-state index in [9.17, 15) is 4.79 Å². The first-order valence-electron chi connectivity index (χ1n) is 6.83. The van der Waals surface area contributed by atoms with Crippen molar-refractivity contribution in [3.63, 3.8) is 0 Å². The molecule has 0 amide bonds. The number of methoxy groups -OCH3 is 2. The average molecular weight is 284 g/mol. The van der Waals surface area contributed by atoms with E-state index < -0.39 is 0 Å². The van der Waals surface area contributed by atoms with Crippen LogP contribution in [0, 0.1) is 20.8 Å². The van der Waals surface area contributed by atoms with Crippen molar-refractivity contribution in [2.75, 3.05) is 14.2 Å². The van der Waals surface area contributed by atoms with Gasteiger partial charge in [0.15, 0.2) is 5.78 Å². The Kier molecular flexibility index (Phi) is 4.32. The van der Waals surface area contributed by atoms with Gasteiger partial charge in [-0.25, -0.2) is 0 Å². The fourth-order valence-corrected chi connectivity index (χ4v) is 2.41. The van der Waals surface area contributed by atoms with Crippen LogP contribution in [0.25, 0.3) is 0 Å². The van der Waals surface area contributed by atoms with Crippen molar-refractivity contribution in [2.24, 2.45) is 0 Å². The summed E-state index contributed by atoms with van der Waals surface area (Å²) in [5.41, 5.74) is 4.26. The van der Waals surface area contributed by atoms with Gasteiger partial charge in [-0.05, 0) is 61.7 Å². The molecule has 2 aromatic carbocycles. The Bertz CT molecular complexity index is 687. The molecule has 0 aromatic heterocycles. The van der Waals surface area contributed by atoms with E-state index >= 15 is 0 Å². The summed E-state index contributed by atoms with van der Waals surface area (Å²) in [7, 11) is 3.22. The predicted molar refractivity (Wildman–Crippen MR) is 83.6 cm³/mol. The molecule has 21 heavy (non-hydrogen) atoms. The van der Waals surface area contributed by atoms with Gasteiger partial charge in [-0.15, -0.1) is 0 Å². The standard InChI is InChI=1S/C18H20O3/c1-11-6-8-15(18(21-5)13(11)3)17(19)14-7-9-16(20-4)12(2)10-14/h6-10H,1-5H3. The summed E-state index contributed by atoms with van der Waals surface area (Å²) in [5.74, 6) is 1.38. The monoisotopic (exact) mass is 284 g/mol. The van der Waals surface area contributed by atoms with Gasteiger partial charge in [0, 0.05) is 5.56 Å². The van der Waals surface area contributed by atoms with Gasteiger partial charge in [0.1, 0.15) is 11.5 Å². The molecule has 0 N–H and O–H groups in total. The van der Waals surface area contributed by atoms with E-state index in [-0.39, 0.29) is 5.78 Å². The van der Waals surface area contributed by atoms with Gasteiger partial charge in [0.25, 0.3) is 0 Å². The van der Waals surface area contributed by atoms with Crippen molar-refractivity contribution in [2.45, 2.75) is 20.8 Å². The van der Waals surface area contributed by atoms with Gasteiger partial charge in [0.2, 0.25) is 0 Å². The lowest BCUT2D eigenvalue weighted by Gasteiger charge is -2.13. The zero-order valence-corrected chi connectivity index (χ0v) is 13.1. The fourth-order valence-electron chi connectivity index (χ4n) is 2.41. The summed E-state index contributed by atoms with van der Waals surface area (Å²) in [4.78, 5) is 12.7. The first kappa shape index (κ1) is 15.1. The number of hydrogen-bond donors (Lipinski definition) is 0. The summed E-state index contributed by atoms with van der Waals surface area (Å²) in [6.07, 6.45) is 0. The number of ketones is 1. The van der Waals surface area contributed by atoms with Gasteiger partial charge in [-0.2, -0.15) is 0 Å². The van der Waals surface area contributed by atoms with E-state index in [0.717, 1.165) is 22.4 Å². The molecule has 110 valence electrons. The molecule has 0 unspecified atom stereocenters. The molecule has 3 heteroatoms. The van der Waals surface area contributed by atoms with Crippen LogP contribution in [0.1, 0.15) is 32.6 Å². The second-order valence-corrected chi connectivity index (χ2v) is 5.10. The Morgan fingerprint density at radius 2 is 1.62 bits per heavy atom. The molecule has 0 bridgehead atoms. The zero-order valence-electron chi connectivity index (χ0n) is 13.1. The largest absolute Gasteiger partial charge is 0.496 e. The maximum Gasteiger partial charge on any atom is 0.196 e. The van der Waals surface area contributed by atoms with E-state index in [0.29, 0.717) is 16.9 Å². The molecule has 0 atom stereocenters. The molecule has 0 saturated heterocycles. The zero-order chi connectivity index (χ0) is 15.6. The molecule has 0 saturated carbocycles. The van der Waals surface area contributed by atoms with Crippen LogP contribution in [0.2, 0.25) is 0 Å². The fraction of sp³-hybridized carbons (Fsp3) is 0.278. The Morgan fingerprint density at radius 3 is 2.19 bits per heavy atom. The van der Waals surface area contributed by atoms with Crippen molar-refractivity contribution in [3.05, 3.63) is 58.1 Å². The van der Waals surface area contributed by atoms with Crippen LogP contribution < -0.4 is 9.47 Å². The molecule has 0 aliphatic rings. The number of benzene rings is 2. The first-order chi connectivity index (χ1) is 9.99. The topological polar surface area (TPSA) is 35.5 Å². The molecule has 0 aliphatic carbocycles. The molecule has 0 aliphatic heterocycles. The van der Waals surface area contributed by atoms with Gasteiger partial charge in [0.05, 0.1) is 19.8 Å². The van der Waals surface area contributed by atoms with Crippen LogP contribution in [0.15, 0.2) is 30.3 Å². The van der Waals surface area contributed by atoms with Crippen LogP contribution >= 0.6 is 0 Å². The number of ether oxygens (including phenoxy) is 2. The summed E-state index contributed by atoms with van der Waals surface area (Å²) in [5, 5.41) is 0. The van der Waals surface area contributed by atoms with Crippen molar-refractivity contribution in [3.8, 4) is 11.5 Å². The number of hydrogen-bond acceptors (Lipinski definition) is 3. The Morgan fingerprint density at radius 1 is 0.905 bits per heavy atom. The minimum Gasteiger partial charge on any atom is -0.496 e. The van der Waals surface area contributed by atoms with Crippen LogP contribution in [0.4, 0.5) is 0 Å². The van der Waals surface area contributed by atoms with Crippen molar-refractivity contribution >= 4 is 5.78 Å².